The first kappa shape index (κ1) is 15.9. The number of ether oxygens (including phenoxy) is 2. The van der Waals surface area contributed by atoms with Crippen molar-refractivity contribution in [2.75, 3.05) is 6.61 Å². The molecule has 6 heteroatoms. The van der Waals surface area contributed by atoms with E-state index in [-0.39, 0.29) is 19.6 Å². The summed E-state index contributed by atoms with van der Waals surface area (Å²) in [6, 6.07) is 9.17. The van der Waals surface area contributed by atoms with Gasteiger partial charge in [0, 0.05) is 0 Å². The van der Waals surface area contributed by atoms with Gasteiger partial charge in [0.15, 0.2) is 0 Å². The molecule has 1 rings (SSSR count). The summed E-state index contributed by atoms with van der Waals surface area (Å²) in [5, 5.41) is 9.60. The first-order valence-corrected chi connectivity index (χ1v) is 5.96. The molecule has 1 aromatic carbocycles. The fraction of sp³-hybridized carbons (Fsp3) is 0.538. The minimum atomic E-state index is -4.75. The average molecular weight is 278 g/mol. The molecule has 0 saturated carbocycles. The van der Waals surface area contributed by atoms with Crippen molar-refractivity contribution in [1.29, 1.82) is 0 Å². The number of aliphatic hydroxyl groups excluding tert-OH is 1. The SMILES string of the molecule is CC[C@@H](OC(F)(F)F)[C@H](O)COCc1ccccc1. The summed E-state index contributed by atoms with van der Waals surface area (Å²) in [6.45, 7) is 1.54. The number of rotatable bonds is 7. The fourth-order valence-electron chi connectivity index (χ4n) is 1.58. The summed E-state index contributed by atoms with van der Waals surface area (Å²) in [5.74, 6) is 0. The second-order valence-corrected chi connectivity index (χ2v) is 4.08. The van der Waals surface area contributed by atoms with E-state index in [4.69, 9.17) is 4.74 Å². The molecule has 1 N–H and O–H groups in total. The van der Waals surface area contributed by atoms with E-state index in [9.17, 15) is 18.3 Å². The van der Waals surface area contributed by atoms with Gasteiger partial charge in [-0.15, -0.1) is 13.2 Å². The highest BCUT2D eigenvalue weighted by Gasteiger charge is 2.35. The van der Waals surface area contributed by atoms with E-state index in [0.29, 0.717) is 0 Å². The maximum absolute atomic E-state index is 12.1. The van der Waals surface area contributed by atoms with Crippen LogP contribution in [0.5, 0.6) is 0 Å². The quantitative estimate of drug-likeness (QED) is 0.833. The van der Waals surface area contributed by atoms with E-state index in [1.165, 1.54) is 6.92 Å². The van der Waals surface area contributed by atoms with E-state index >= 15 is 0 Å². The maximum Gasteiger partial charge on any atom is 0.522 e. The van der Waals surface area contributed by atoms with E-state index in [0.717, 1.165) is 5.56 Å². The molecule has 108 valence electrons. The van der Waals surface area contributed by atoms with E-state index in [1.54, 1.807) is 0 Å². The van der Waals surface area contributed by atoms with Gasteiger partial charge in [0.1, 0.15) is 6.10 Å². The predicted molar refractivity (Wildman–Crippen MR) is 63.3 cm³/mol. The second-order valence-electron chi connectivity index (χ2n) is 4.08. The van der Waals surface area contributed by atoms with Crippen LogP contribution >= 0.6 is 0 Å². The first-order chi connectivity index (χ1) is 8.92. The maximum atomic E-state index is 12.1. The van der Waals surface area contributed by atoms with Gasteiger partial charge >= 0.3 is 6.36 Å². The molecule has 0 aliphatic rings. The van der Waals surface area contributed by atoms with Gasteiger partial charge in [-0.3, -0.25) is 4.74 Å². The van der Waals surface area contributed by atoms with Crippen LogP contribution in [0, 0.1) is 0 Å². The molecule has 1 aromatic rings. The summed E-state index contributed by atoms with van der Waals surface area (Å²) in [6.07, 6.45) is -7.32. The van der Waals surface area contributed by atoms with Gasteiger partial charge in [0.25, 0.3) is 0 Å². The molecule has 0 fully saturated rings. The fourth-order valence-corrected chi connectivity index (χ4v) is 1.58. The average Bonchev–Trinajstić information content (AvgIpc) is 2.36. The van der Waals surface area contributed by atoms with Crippen molar-refractivity contribution in [3.8, 4) is 0 Å². The van der Waals surface area contributed by atoms with Crippen molar-refractivity contribution in [3.63, 3.8) is 0 Å². The molecule has 3 nitrogen and oxygen atoms in total. The monoisotopic (exact) mass is 278 g/mol. The zero-order chi connectivity index (χ0) is 14.3. The molecule has 0 spiro atoms. The lowest BCUT2D eigenvalue weighted by Crippen LogP contribution is -2.36. The lowest BCUT2D eigenvalue weighted by atomic mass is 10.1. The van der Waals surface area contributed by atoms with Gasteiger partial charge in [0.05, 0.1) is 19.3 Å². The van der Waals surface area contributed by atoms with E-state index in [1.807, 2.05) is 30.3 Å². The third kappa shape index (κ3) is 6.56. The van der Waals surface area contributed by atoms with Gasteiger partial charge in [-0.2, -0.15) is 0 Å². The van der Waals surface area contributed by atoms with E-state index in [2.05, 4.69) is 4.74 Å². The number of aliphatic hydroxyl groups is 1. The smallest absolute Gasteiger partial charge is 0.388 e. The minimum absolute atomic E-state index is 0.0510. The van der Waals surface area contributed by atoms with Gasteiger partial charge < -0.3 is 9.84 Å². The summed E-state index contributed by atoms with van der Waals surface area (Å²) >= 11 is 0. The van der Waals surface area contributed by atoms with Crippen LogP contribution in [0.4, 0.5) is 13.2 Å². The van der Waals surface area contributed by atoms with Crippen molar-refractivity contribution in [2.45, 2.75) is 38.5 Å². The molecule has 0 radical (unpaired) electrons. The van der Waals surface area contributed by atoms with Gasteiger partial charge in [-0.05, 0) is 12.0 Å². The Balaban J connectivity index is 2.35. The lowest BCUT2D eigenvalue weighted by molar-refractivity contribution is -0.352. The van der Waals surface area contributed by atoms with Crippen LogP contribution in [0.1, 0.15) is 18.9 Å². The van der Waals surface area contributed by atoms with Gasteiger partial charge in [-0.1, -0.05) is 37.3 Å². The number of benzene rings is 1. The molecule has 19 heavy (non-hydrogen) atoms. The molecule has 0 aliphatic heterocycles. The van der Waals surface area contributed by atoms with Crippen molar-refractivity contribution in [1.82, 2.24) is 0 Å². The van der Waals surface area contributed by atoms with Crippen molar-refractivity contribution in [2.24, 2.45) is 0 Å². The van der Waals surface area contributed by atoms with Crippen molar-refractivity contribution >= 4 is 0 Å². The summed E-state index contributed by atoms with van der Waals surface area (Å²) in [4.78, 5) is 0. The molecular formula is C13H17F3O3. The standard InChI is InChI=1S/C13H17F3O3/c1-2-12(19-13(14,15)16)11(17)9-18-8-10-6-4-3-5-7-10/h3-7,11-12,17H,2,8-9H2,1H3/t11-,12-/m1/s1. The number of hydrogen-bond donors (Lipinski definition) is 1. The molecule has 0 saturated heterocycles. The Bertz CT molecular complexity index is 354. The molecule has 0 amide bonds. The Kier molecular flexibility index (Phi) is 6.27. The summed E-state index contributed by atoms with van der Waals surface area (Å²) < 4.78 is 45.2. The van der Waals surface area contributed by atoms with Crippen LogP contribution in [-0.2, 0) is 16.1 Å². The topological polar surface area (TPSA) is 38.7 Å². The first-order valence-electron chi connectivity index (χ1n) is 5.96. The normalized spacial score (nSPS) is 15.2. The third-order valence-corrected chi connectivity index (χ3v) is 2.52. The minimum Gasteiger partial charge on any atom is -0.388 e. The van der Waals surface area contributed by atoms with Crippen LogP contribution in [0.2, 0.25) is 0 Å². The highest BCUT2D eigenvalue weighted by atomic mass is 19.4. The molecule has 0 aromatic heterocycles. The van der Waals surface area contributed by atoms with Crippen molar-refractivity contribution in [3.05, 3.63) is 35.9 Å². The van der Waals surface area contributed by atoms with Crippen LogP contribution in [0.3, 0.4) is 0 Å². The Labute approximate surface area is 110 Å². The highest BCUT2D eigenvalue weighted by Crippen LogP contribution is 2.22. The molecule has 2 atom stereocenters. The lowest BCUT2D eigenvalue weighted by Gasteiger charge is -2.23. The van der Waals surface area contributed by atoms with Crippen LogP contribution in [0.15, 0.2) is 30.3 Å². The zero-order valence-corrected chi connectivity index (χ0v) is 10.6. The summed E-state index contributed by atoms with van der Waals surface area (Å²) in [7, 11) is 0. The Hall–Kier alpha value is -1.11. The zero-order valence-electron chi connectivity index (χ0n) is 10.6. The van der Waals surface area contributed by atoms with E-state index < -0.39 is 18.6 Å². The van der Waals surface area contributed by atoms with Crippen LogP contribution < -0.4 is 0 Å². The van der Waals surface area contributed by atoms with Gasteiger partial charge in [0.2, 0.25) is 0 Å². The molecular weight excluding hydrogens is 261 g/mol. The molecule has 0 heterocycles. The Morgan fingerprint density at radius 3 is 2.37 bits per heavy atom. The predicted octanol–water partition coefficient (Wildman–Crippen LogP) is 2.88. The Morgan fingerprint density at radius 2 is 1.84 bits per heavy atom. The number of hydrogen-bond acceptors (Lipinski definition) is 3. The Morgan fingerprint density at radius 1 is 1.21 bits per heavy atom. The molecule has 0 aliphatic carbocycles. The second kappa shape index (κ2) is 7.47. The van der Waals surface area contributed by atoms with Crippen molar-refractivity contribution < 1.29 is 27.8 Å². The van der Waals surface area contributed by atoms with Gasteiger partial charge in [-0.25, -0.2) is 0 Å². The summed E-state index contributed by atoms with van der Waals surface area (Å²) in [5.41, 5.74) is 0.888. The van der Waals surface area contributed by atoms with Crippen LogP contribution in [0.25, 0.3) is 0 Å². The largest absolute Gasteiger partial charge is 0.522 e. The molecule has 0 bridgehead atoms. The number of halogens is 3. The van der Waals surface area contributed by atoms with Crippen LogP contribution in [-0.4, -0.2) is 30.3 Å². The number of alkyl halides is 3. The highest BCUT2D eigenvalue weighted by molar-refractivity contribution is 5.13. The third-order valence-electron chi connectivity index (χ3n) is 2.52. The molecule has 0 unspecified atom stereocenters.